The van der Waals surface area contributed by atoms with Gasteiger partial charge in [0.05, 0.1) is 0 Å². The normalized spacial score (nSPS) is 14.1. The molecule has 1 unspecified atom stereocenters. The standard InChI is InChI=1S/C16H23F2N/c1-3-4-5-6-7-8-12-16(2,19)13-10-9-11-14(17)15(13)18/h3,9-11H,1,4-8,12,19H2,2H3. The maximum absolute atomic E-state index is 13.7. The second-order valence-corrected chi connectivity index (χ2v) is 5.26. The number of allylic oxidation sites excluding steroid dienone is 1. The molecule has 0 aliphatic rings. The maximum atomic E-state index is 13.7. The van der Waals surface area contributed by atoms with E-state index in [0.29, 0.717) is 6.42 Å². The minimum absolute atomic E-state index is 0.263. The van der Waals surface area contributed by atoms with Crippen LogP contribution in [0.25, 0.3) is 0 Å². The fourth-order valence-corrected chi connectivity index (χ4v) is 2.21. The number of unbranched alkanes of at least 4 members (excludes halogenated alkanes) is 4. The molecule has 19 heavy (non-hydrogen) atoms. The summed E-state index contributed by atoms with van der Waals surface area (Å²) in [6, 6.07) is 4.18. The minimum Gasteiger partial charge on any atom is -0.322 e. The highest BCUT2D eigenvalue weighted by Crippen LogP contribution is 2.27. The molecule has 0 radical (unpaired) electrons. The van der Waals surface area contributed by atoms with Crippen molar-refractivity contribution in [2.45, 2.75) is 51.0 Å². The van der Waals surface area contributed by atoms with Crippen LogP contribution >= 0.6 is 0 Å². The Balaban J connectivity index is 2.51. The van der Waals surface area contributed by atoms with E-state index in [2.05, 4.69) is 6.58 Å². The van der Waals surface area contributed by atoms with Gasteiger partial charge in [-0.15, -0.1) is 6.58 Å². The van der Waals surface area contributed by atoms with Crippen molar-refractivity contribution in [3.63, 3.8) is 0 Å². The molecular weight excluding hydrogens is 244 g/mol. The molecule has 0 saturated heterocycles. The molecule has 1 rings (SSSR count). The lowest BCUT2D eigenvalue weighted by Gasteiger charge is -2.25. The van der Waals surface area contributed by atoms with E-state index < -0.39 is 17.2 Å². The molecule has 0 heterocycles. The molecular formula is C16H23F2N. The van der Waals surface area contributed by atoms with E-state index in [1.807, 2.05) is 6.08 Å². The lowest BCUT2D eigenvalue weighted by atomic mass is 9.87. The summed E-state index contributed by atoms with van der Waals surface area (Å²) in [5.41, 5.74) is 5.57. The highest BCUT2D eigenvalue weighted by atomic mass is 19.2. The third-order valence-electron chi connectivity index (χ3n) is 3.42. The van der Waals surface area contributed by atoms with Crippen LogP contribution in [0, 0.1) is 11.6 Å². The molecule has 0 amide bonds. The molecule has 0 aliphatic carbocycles. The molecule has 0 fully saturated rings. The highest BCUT2D eigenvalue weighted by Gasteiger charge is 2.25. The van der Waals surface area contributed by atoms with Gasteiger partial charge >= 0.3 is 0 Å². The van der Waals surface area contributed by atoms with E-state index in [9.17, 15) is 8.78 Å². The largest absolute Gasteiger partial charge is 0.322 e. The average Bonchev–Trinajstić information content (AvgIpc) is 2.36. The van der Waals surface area contributed by atoms with Gasteiger partial charge in [0.1, 0.15) is 0 Å². The van der Waals surface area contributed by atoms with E-state index in [4.69, 9.17) is 5.73 Å². The number of nitrogens with two attached hydrogens (primary N) is 1. The van der Waals surface area contributed by atoms with Gasteiger partial charge in [-0.05, 0) is 32.3 Å². The zero-order chi connectivity index (χ0) is 14.3. The van der Waals surface area contributed by atoms with Crippen molar-refractivity contribution >= 4 is 0 Å². The average molecular weight is 267 g/mol. The summed E-state index contributed by atoms with van der Waals surface area (Å²) in [7, 11) is 0. The van der Waals surface area contributed by atoms with E-state index in [1.165, 1.54) is 6.07 Å². The molecule has 0 bridgehead atoms. The summed E-state index contributed by atoms with van der Waals surface area (Å²) >= 11 is 0. The lowest BCUT2D eigenvalue weighted by molar-refractivity contribution is 0.391. The van der Waals surface area contributed by atoms with Crippen molar-refractivity contribution in [3.05, 3.63) is 48.1 Å². The van der Waals surface area contributed by atoms with Gasteiger partial charge in [-0.1, -0.05) is 37.5 Å². The van der Waals surface area contributed by atoms with Crippen LogP contribution in [0.1, 0.15) is 51.0 Å². The van der Waals surface area contributed by atoms with Crippen molar-refractivity contribution < 1.29 is 8.78 Å². The number of benzene rings is 1. The van der Waals surface area contributed by atoms with Crippen molar-refractivity contribution in [1.29, 1.82) is 0 Å². The van der Waals surface area contributed by atoms with Gasteiger partial charge in [0.2, 0.25) is 0 Å². The fraction of sp³-hybridized carbons (Fsp3) is 0.500. The van der Waals surface area contributed by atoms with Crippen molar-refractivity contribution in [1.82, 2.24) is 0 Å². The van der Waals surface area contributed by atoms with E-state index >= 15 is 0 Å². The second kappa shape index (κ2) is 7.39. The van der Waals surface area contributed by atoms with Crippen LogP contribution < -0.4 is 5.73 Å². The zero-order valence-electron chi connectivity index (χ0n) is 11.6. The van der Waals surface area contributed by atoms with Crippen molar-refractivity contribution in [3.8, 4) is 0 Å². The third kappa shape index (κ3) is 4.75. The van der Waals surface area contributed by atoms with E-state index in [-0.39, 0.29) is 5.56 Å². The summed E-state index contributed by atoms with van der Waals surface area (Å²) < 4.78 is 26.9. The molecule has 1 atom stereocenters. The molecule has 3 heteroatoms. The van der Waals surface area contributed by atoms with Crippen molar-refractivity contribution in [2.24, 2.45) is 5.73 Å². The third-order valence-corrected chi connectivity index (χ3v) is 3.42. The molecule has 1 aromatic carbocycles. The van der Waals surface area contributed by atoms with Gasteiger partial charge in [0.15, 0.2) is 11.6 Å². The first-order valence-corrected chi connectivity index (χ1v) is 6.83. The Kier molecular flexibility index (Phi) is 6.16. The molecule has 0 saturated carbocycles. The first kappa shape index (κ1) is 15.8. The van der Waals surface area contributed by atoms with Gasteiger partial charge in [-0.25, -0.2) is 8.78 Å². The Labute approximate surface area is 114 Å². The molecule has 1 aromatic rings. The summed E-state index contributed by atoms with van der Waals surface area (Å²) in [6.45, 7) is 5.44. The van der Waals surface area contributed by atoms with Gasteiger partial charge in [-0.2, -0.15) is 0 Å². The molecule has 1 nitrogen and oxygen atoms in total. The first-order valence-electron chi connectivity index (χ1n) is 6.83. The SMILES string of the molecule is C=CCCCCCCC(C)(N)c1cccc(F)c1F. The Morgan fingerprint density at radius 2 is 1.89 bits per heavy atom. The van der Waals surface area contributed by atoms with Gasteiger partial charge < -0.3 is 5.73 Å². The lowest BCUT2D eigenvalue weighted by Crippen LogP contribution is -2.34. The number of rotatable bonds is 8. The molecule has 2 N–H and O–H groups in total. The van der Waals surface area contributed by atoms with Crippen LogP contribution in [-0.4, -0.2) is 0 Å². The quantitative estimate of drug-likeness (QED) is 0.538. The van der Waals surface area contributed by atoms with Gasteiger partial charge in [0.25, 0.3) is 0 Å². The summed E-state index contributed by atoms with van der Waals surface area (Å²) in [4.78, 5) is 0. The highest BCUT2D eigenvalue weighted by molar-refractivity contribution is 5.26. The van der Waals surface area contributed by atoms with Crippen LogP contribution in [0.4, 0.5) is 8.78 Å². The zero-order valence-corrected chi connectivity index (χ0v) is 11.6. The Morgan fingerprint density at radius 1 is 1.21 bits per heavy atom. The van der Waals surface area contributed by atoms with Crippen molar-refractivity contribution in [2.75, 3.05) is 0 Å². The Hall–Kier alpha value is -1.22. The minimum atomic E-state index is -0.833. The van der Waals surface area contributed by atoms with Crippen LogP contribution in [0.3, 0.4) is 0 Å². The predicted molar refractivity (Wildman–Crippen MR) is 75.8 cm³/mol. The topological polar surface area (TPSA) is 26.0 Å². The summed E-state index contributed by atoms with van der Waals surface area (Å²) in [5, 5.41) is 0. The van der Waals surface area contributed by atoms with E-state index in [0.717, 1.165) is 38.2 Å². The monoisotopic (exact) mass is 267 g/mol. The maximum Gasteiger partial charge on any atom is 0.163 e. The van der Waals surface area contributed by atoms with Crippen LogP contribution in [0.5, 0.6) is 0 Å². The number of halogens is 2. The van der Waals surface area contributed by atoms with Crippen LogP contribution in [0.2, 0.25) is 0 Å². The van der Waals surface area contributed by atoms with Gasteiger partial charge in [0, 0.05) is 11.1 Å². The first-order chi connectivity index (χ1) is 8.99. The van der Waals surface area contributed by atoms with Crippen LogP contribution in [0.15, 0.2) is 30.9 Å². The fourth-order valence-electron chi connectivity index (χ4n) is 2.21. The molecule has 0 aromatic heterocycles. The smallest absolute Gasteiger partial charge is 0.163 e. The van der Waals surface area contributed by atoms with E-state index in [1.54, 1.807) is 13.0 Å². The Bertz CT molecular complexity index is 413. The van der Waals surface area contributed by atoms with Crippen LogP contribution in [-0.2, 0) is 5.54 Å². The predicted octanol–water partition coefficient (Wildman–Crippen LogP) is 4.67. The summed E-state index contributed by atoms with van der Waals surface area (Å²) in [6.07, 6.45) is 7.81. The molecule has 0 aliphatic heterocycles. The van der Waals surface area contributed by atoms with Gasteiger partial charge in [-0.3, -0.25) is 0 Å². The number of hydrogen-bond donors (Lipinski definition) is 1. The Morgan fingerprint density at radius 3 is 2.58 bits per heavy atom. The molecule has 106 valence electrons. The second-order valence-electron chi connectivity index (χ2n) is 5.26. The molecule has 0 spiro atoms. The number of hydrogen-bond acceptors (Lipinski definition) is 1. The summed E-state index contributed by atoms with van der Waals surface area (Å²) in [5.74, 6) is -1.65.